The fraction of sp³-hybridized carbons (Fsp3) is 0.278. The summed E-state index contributed by atoms with van der Waals surface area (Å²) < 4.78 is 73.9. The first kappa shape index (κ1) is 20.9. The summed E-state index contributed by atoms with van der Waals surface area (Å²) in [4.78, 5) is 16.3. The average Bonchev–Trinajstić information content (AvgIpc) is 3.19. The monoisotopic (exact) mass is 431 g/mol. The molecule has 2 heterocycles. The molecule has 5 nitrogen and oxygen atoms in total. The van der Waals surface area contributed by atoms with Crippen LogP contribution in [-0.4, -0.2) is 21.2 Å². The van der Waals surface area contributed by atoms with Gasteiger partial charge >= 0.3 is 6.18 Å². The summed E-state index contributed by atoms with van der Waals surface area (Å²) in [6, 6.07) is 5.82. The number of furan rings is 1. The van der Waals surface area contributed by atoms with Gasteiger partial charge in [-0.25, -0.2) is 13.8 Å². The minimum Gasteiger partial charge on any atom is -0.461 e. The van der Waals surface area contributed by atoms with E-state index in [1.165, 1.54) is 25.1 Å². The number of carbonyl (C=O) groups is 1. The van der Waals surface area contributed by atoms with Crippen molar-refractivity contribution in [1.29, 1.82) is 0 Å². The number of nitrogens with zero attached hydrogens (tertiary/aromatic N) is 2. The molecule has 0 saturated heterocycles. The maximum Gasteiger partial charge on any atom is 0.416 e. The first-order valence-corrected chi connectivity index (χ1v) is 8.99. The Morgan fingerprint density at radius 2 is 1.93 bits per heavy atom. The molecule has 3 aromatic rings. The van der Waals surface area contributed by atoms with Crippen molar-refractivity contribution in [2.24, 2.45) is 0 Å². The van der Waals surface area contributed by atoms with E-state index in [2.05, 4.69) is 14.7 Å². The molecule has 0 bridgehead atoms. The van der Waals surface area contributed by atoms with Crippen molar-refractivity contribution in [3.8, 4) is 11.3 Å². The van der Waals surface area contributed by atoms with Crippen molar-refractivity contribution in [2.75, 3.05) is 5.32 Å². The molecular weight excluding hydrogens is 417 g/mol. The molecule has 11 heteroatoms. The van der Waals surface area contributed by atoms with Crippen LogP contribution in [0.5, 0.6) is 0 Å². The summed E-state index contributed by atoms with van der Waals surface area (Å²) in [5.74, 6) is -3.47. The molecule has 0 fully saturated rings. The molecule has 0 aliphatic carbocycles. The van der Waals surface area contributed by atoms with Crippen molar-refractivity contribution in [3.63, 3.8) is 0 Å². The lowest BCUT2D eigenvalue weighted by Gasteiger charge is -2.07. The van der Waals surface area contributed by atoms with E-state index in [1.54, 1.807) is 0 Å². The van der Waals surface area contributed by atoms with Crippen molar-refractivity contribution in [2.45, 2.75) is 32.4 Å². The van der Waals surface area contributed by atoms with Gasteiger partial charge in [-0.1, -0.05) is 12.1 Å². The van der Waals surface area contributed by atoms with Gasteiger partial charge in [-0.3, -0.25) is 10.1 Å². The second kappa shape index (κ2) is 7.54. The first-order valence-electron chi connectivity index (χ1n) is 8.22. The molecule has 154 valence electrons. The molecule has 1 N–H and O–H groups in total. The van der Waals surface area contributed by atoms with Crippen molar-refractivity contribution < 1.29 is 31.2 Å². The molecule has 1 amide bonds. The van der Waals surface area contributed by atoms with Crippen LogP contribution in [0.4, 0.5) is 27.1 Å². The van der Waals surface area contributed by atoms with Gasteiger partial charge in [0.1, 0.15) is 11.5 Å². The minimum absolute atomic E-state index is 0.0236. The SMILES string of the molecule is Cc1oc(-c2cccc(C(F)(F)F)c2)cc1C(=O)Nc1nc(CC(C)(F)F)ns1. The number of nitrogens with one attached hydrogen (secondary N) is 1. The van der Waals surface area contributed by atoms with Crippen LogP contribution >= 0.6 is 11.5 Å². The molecule has 0 atom stereocenters. The Hall–Kier alpha value is -2.82. The molecule has 3 rings (SSSR count). The average molecular weight is 431 g/mol. The number of rotatable bonds is 5. The number of halogens is 5. The molecule has 0 aliphatic rings. The summed E-state index contributed by atoms with van der Waals surface area (Å²) in [5, 5.41) is 2.45. The molecule has 0 spiro atoms. The largest absolute Gasteiger partial charge is 0.461 e. The Balaban J connectivity index is 1.79. The molecule has 0 aliphatic heterocycles. The Labute approximate surface area is 165 Å². The fourth-order valence-corrected chi connectivity index (χ4v) is 3.10. The van der Waals surface area contributed by atoms with E-state index in [-0.39, 0.29) is 33.6 Å². The Kier molecular flexibility index (Phi) is 5.44. The van der Waals surface area contributed by atoms with E-state index in [0.717, 1.165) is 30.6 Å². The van der Waals surface area contributed by atoms with E-state index < -0.39 is 30.0 Å². The fourth-order valence-electron chi connectivity index (χ4n) is 2.52. The second-order valence-electron chi connectivity index (χ2n) is 6.38. The molecule has 1 aromatic carbocycles. The first-order chi connectivity index (χ1) is 13.4. The molecule has 2 aromatic heterocycles. The number of benzene rings is 1. The minimum atomic E-state index is -4.51. The highest BCUT2D eigenvalue weighted by atomic mass is 32.1. The van der Waals surface area contributed by atoms with Crippen LogP contribution in [-0.2, 0) is 12.6 Å². The van der Waals surface area contributed by atoms with Crippen molar-refractivity contribution in [3.05, 3.63) is 53.0 Å². The Morgan fingerprint density at radius 3 is 2.59 bits per heavy atom. The number of alkyl halides is 5. The maximum absolute atomic E-state index is 13.0. The lowest BCUT2D eigenvalue weighted by atomic mass is 10.1. The van der Waals surface area contributed by atoms with E-state index in [1.807, 2.05) is 0 Å². The topological polar surface area (TPSA) is 68.0 Å². The number of hydrogen-bond donors (Lipinski definition) is 1. The highest BCUT2D eigenvalue weighted by Crippen LogP contribution is 2.33. The van der Waals surface area contributed by atoms with Gasteiger partial charge in [0.05, 0.1) is 17.5 Å². The van der Waals surface area contributed by atoms with E-state index in [4.69, 9.17) is 4.42 Å². The van der Waals surface area contributed by atoms with Gasteiger partial charge in [0.15, 0.2) is 5.82 Å². The third-order valence-corrected chi connectivity index (χ3v) is 4.46. The summed E-state index contributed by atoms with van der Waals surface area (Å²) in [7, 11) is 0. The van der Waals surface area contributed by atoms with Gasteiger partial charge in [0.25, 0.3) is 11.8 Å². The molecule has 0 radical (unpaired) electrons. The van der Waals surface area contributed by atoms with Gasteiger partial charge in [0, 0.05) is 17.1 Å². The summed E-state index contributed by atoms with van der Waals surface area (Å²) in [6.07, 6.45) is -5.17. The van der Waals surface area contributed by atoms with Crippen LogP contribution < -0.4 is 5.32 Å². The quantitative estimate of drug-likeness (QED) is 0.536. The van der Waals surface area contributed by atoms with E-state index >= 15 is 0 Å². The lowest BCUT2D eigenvalue weighted by molar-refractivity contribution is -0.137. The molecular formula is C18H14F5N3O2S. The highest BCUT2D eigenvalue weighted by Gasteiger charge is 2.31. The third kappa shape index (κ3) is 5.17. The smallest absolute Gasteiger partial charge is 0.416 e. The third-order valence-electron chi connectivity index (χ3n) is 3.79. The van der Waals surface area contributed by atoms with E-state index in [0.29, 0.717) is 0 Å². The van der Waals surface area contributed by atoms with Crippen LogP contribution in [0, 0.1) is 6.92 Å². The zero-order chi connectivity index (χ0) is 21.4. The summed E-state index contributed by atoms with van der Waals surface area (Å²) in [5.41, 5.74) is -0.607. The Bertz CT molecular complexity index is 1040. The summed E-state index contributed by atoms with van der Waals surface area (Å²) in [6.45, 7) is 2.21. The van der Waals surface area contributed by atoms with E-state index in [9.17, 15) is 26.7 Å². The highest BCUT2D eigenvalue weighted by molar-refractivity contribution is 7.09. The molecule has 0 unspecified atom stereocenters. The van der Waals surface area contributed by atoms with Gasteiger partial charge in [-0.2, -0.15) is 17.5 Å². The van der Waals surface area contributed by atoms with Crippen LogP contribution in [0.2, 0.25) is 0 Å². The van der Waals surface area contributed by atoms with Crippen molar-refractivity contribution >= 4 is 22.6 Å². The van der Waals surface area contributed by atoms with Crippen molar-refractivity contribution in [1.82, 2.24) is 9.36 Å². The zero-order valence-corrected chi connectivity index (χ0v) is 15.9. The number of aromatic nitrogens is 2. The van der Waals surface area contributed by atoms with Crippen LogP contribution in [0.15, 0.2) is 34.7 Å². The normalized spacial score (nSPS) is 12.2. The van der Waals surface area contributed by atoms with Gasteiger partial charge in [-0.05, 0) is 32.0 Å². The van der Waals surface area contributed by atoms with Crippen LogP contribution in [0.3, 0.4) is 0 Å². The lowest BCUT2D eigenvalue weighted by Crippen LogP contribution is -2.15. The molecule has 0 saturated carbocycles. The zero-order valence-electron chi connectivity index (χ0n) is 15.1. The van der Waals surface area contributed by atoms with Crippen LogP contribution in [0.1, 0.15) is 34.4 Å². The van der Waals surface area contributed by atoms with Gasteiger partial charge in [-0.15, -0.1) is 0 Å². The number of aryl methyl sites for hydroxylation is 1. The number of amides is 1. The van der Waals surface area contributed by atoms with Crippen LogP contribution in [0.25, 0.3) is 11.3 Å². The second-order valence-corrected chi connectivity index (χ2v) is 7.13. The Morgan fingerprint density at radius 1 is 1.21 bits per heavy atom. The predicted molar refractivity (Wildman–Crippen MR) is 96.1 cm³/mol. The molecule has 29 heavy (non-hydrogen) atoms. The number of hydrogen-bond acceptors (Lipinski definition) is 5. The summed E-state index contributed by atoms with van der Waals surface area (Å²) >= 11 is 0.745. The van der Waals surface area contributed by atoms with Gasteiger partial charge < -0.3 is 4.42 Å². The standard InChI is InChI=1S/C18H14F5N3O2S/c1-9-12(15(27)25-16-24-14(26-29-16)8-17(2,19)20)7-13(28-9)10-4-3-5-11(6-10)18(21,22)23/h3-7H,8H2,1-2H3,(H,24,25,26,27). The number of carbonyl (C=O) groups excluding carboxylic acids is 1. The predicted octanol–water partition coefficient (Wildman–Crippen LogP) is 5.58. The van der Waals surface area contributed by atoms with Gasteiger partial charge in [0.2, 0.25) is 5.13 Å². The maximum atomic E-state index is 13.0. The number of anilines is 1.